The van der Waals surface area contributed by atoms with Crippen molar-refractivity contribution < 1.29 is 17.9 Å². The van der Waals surface area contributed by atoms with Crippen LogP contribution >= 0.6 is 0 Å². The van der Waals surface area contributed by atoms with Gasteiger partial charge in [0.05, 0.1) is 19.3 Å². The number of anilines is 1. The predicted molar refractivity (Wildman–Crippen MR) is 55.2 cm³/mol. The number of esters is 1. The lowest BCUT2D eigenvalue weighted by atomic mass is 10.5. The van der Waals surface area contributed by atoms with Crippen molar-refractivity contribution in [2.75, 3.05) is 17.6 Å². The normalized spacial score (nSPS) is 11.1. The molecule has 0 bridgehead atoms. The summed E-state index contributed by atoms with van der Waals surface area (Å²) in [7, 11) is -2.43. The van der Waals surface area contributed by atoms with E-state index in [1.54, 1.807) is 6.92 Å². The Morgan fingerprint density at radius 3 is 2.75 bits per heavy atom. The van der Waals surface area contributed by atoms with Crippen LogP contribution in [-0.2, 0) is 19.6 Å². The highest BCUT2D eigenvalue weighted by molar-refractivity contribution is 7.92. The van der Waals surface area contributed by atoms with E-state index in [0.29, 0.717) is 5.82 Å². The van der Waals surface area contributed by atoms with Gasteiger partial charge in [-0.25, -0.2) is 13.1 Å². The summed E-state index contributed by atoms with van der Waals surface area (Å²) in [4.78, 5) is 14.5. The molecule has 0 spiro atoms. The summed E-state index contributed by atoms with van der Waals surface area (Å²) in [5, 5.41) is 6.09. The molecular weight excluding hydrogens is 236 g/mol. The molecule has 0 amide bonds. The zero-order valence-electron chi connectivity index (χ0n) is 8.85. The van der Waals surface area contributed by atoms with Gasteiger partial charge in [-0.05, 0) is 6.92 Å². The van der Waals surface area contributed by atoms with Crippen LogP contribution in [-0.4, -0.2) is 42.4 Å². The van der Waals surface area contributed by atoms with E-state index in [9.17, 15) is 13.2 Å². The van der Waals surface area contributed by atoms with Crippen LogP contribution < -0.4 is 4.72 Å². The van der Waals surface area contributed by atoms with Gasteiger partial charge in [-0.15, -0.1) is 5.10 Å². The van der Waals surface area contributed by atoms with Crippen molar-refractivity contribution in [3.05, 3.63) is 5.82 Å². The number of hydrogen-bond donors (Lipinski definition) is 2. The number of nitrogens with one attached hydrogen (secondary N) is 2. The molecule has 0 aliphatic rings. The van der Waals surface area contributed by atoms with Crippen LogP contribution in [0.1, 0.15) is 12.2 Å². The second-order valence-electron chi connectivity index (χ2n) is 2.99. The maximum Gasteiger partial charge on any atom is 0.306 e. The van der Waals surface area contributed by atoms with Gasteiger partial charge < -0.3 is 4.74 Å². The first-order valence-electron chi connectivity index (χ1n) is 4.39. The molecule has 0 radical (unpaired) electrons. The van der Waals surface area contributed by atoms with E-state index in [0.717, 1.165) is 0 Å². The number of hydrogen-bond acceptors (Lipinski definition) is 6. The second kappa shape index (κ2) is 4.92. The fourth-order valence-electron chi connectivity index (χ4n) is 0.898. The summed E-state index contributed by atoms with van der Waals surface area (Å²) < 4.78 is 29.3. The summed E-state index contributed by atoms with van der Waals surface area (Å²) in [6.45, 7) is 1.64. The molecule has 0 unspecified atom stereocenters. The Morgan fingerprint density at radius 1 is 1.56 bits per heavy atom. The smallest absolute Gasteiger partial charge is 0.306 e. The summed E-state index contributed by atoms with van der Waals surface area (Å²) in [5.74, 6) is -0.502. The third-order valence-corrected chi connectivity index (χ3v) is 2.88. The van der Waals surface area contributed by atoms with Gasteiger partial charge in [0.2, 0.25) is 10.0 Å². The Balaban J connectivity index is 2.55. The molecule has 0 saturated carbocycles. The van der Waals surface area contributed by atoms with E-state index < -0.39 is 16.0 Å². The molecule has 1 aromatic rings. The van der Waals surface area contributed by atoms with E-state index in [4.69, 9.17) is 0 Å². The number of sulfonamides is 1. The van der Waals surface area contributed by atoms with Gasteiger partial charge in [-0.3, -0.25) is 9.89 Å². The number of H-pyrrole nitrogens is 1. The van der Waals surface area contributed by atoms with E-state index in [1.807, 2.05) is 0 Å². The minimum absolute atomic E-state index is 0.0395. The van der Waals surface area contributed by atoms with E-state index in [1.165, 1.54) is 7.11 Å². The Labute approximate surface area is 92.5 Å². The average Bonchev–Trinajstić information content (AvgIpc) is 2.59. The van der Waals surface area contributed by atoms with Crippen molar-refractivity contribution in [2.45, 2.75) is 13.3 Å². The molecule has 0 aromatic carbocycles. The van der Waals surface area contributed by atoms with Crippen LogP contribution in [0.15, 0.2) is 0 Å². The molecule has 2 N–H and O–H groups in total. The first kappa shape index (κ1) is 12.4. The highest BCUT2D eigenvalue weighted by atomic mass is 32.2. The van der Waals surface area contributed by atoms with Crippen LogP contribution in [0.4, 0.5) is 5.95 Å². The number of nitrogens with zero attached hydrogens (tertiary/aromatic N) is 2. The number of methoxy groups -OCH3 is 1. The zero-order valence-corrected chi connectivity index (χ0v) is 9.67. The third kappa shape index (κ3) is 3.85. The maximum absolute atomic E-state index is 11.4. The minimum Gasteiger partial charge on any atom is -0.469 e. The molecule has 16 heavy (non-hydrogen) atoms. The molecule has 0 fully saturated rings. The van der Waals surface area contributed by atoms with Crippen LogP contribution in [0.2, 0.25) is 0 Å². The second-order valence-corrected chi connectivity index (χ2v) is 4.83. The minimum atomic E-state index is -3.62. The van der Waals surface area contributed by atoms with Crippen molar-refractivity contribution >= 4 is 21.9 Å². The molecule has 8 nitrogen and oxygen atoms in total. The lowest BCUT2D eigenvalue weighted by Crippen LogP contribution is -2.20. The number of carbonyl (C=O) groups excluding carboxylic acids is 1. The van der Waals surface area contributed by atoms with Crippen LogP contribution in [0.3, 0.4) is 0 Å². The van der Waals surface area contributed by atoms with Gasteiger partial charge in [0.25, 0.3) is 5.95 Å². The molecular formula is C7H12N4O4S. The van der Waals surface area contributed by atoms with Crippen LogP contribution in [0.5, 0.6) is 0 Å². The molecule has 90 valence electrons. The molecule has 0 aliphatic carbocycles. The quantitative estimate of drug-likeness (QED) is 0.674. The third-order valence-electron chi connectivity index (χ3n) is 1.65. The number of carbonyl (C=O) groups is 1. The van der Waals surface area contributed by atoms with E-state index in [2.05, 4.69) is 24.6 Å². The Kier molecular flexibility index (Phi) is 3.82. The van der Waals surface area contributed by atoms with Gasteiger partial charge in [0, 0.05) is 0 Å². The Bertz CT molecular complexity index is 466. The zero-order chi connectivity index (χ0) is 12.2. The molecule has 0 aliphatic heterocycles. The highest BCUT2D eigenvalue weighted by Crippen LogP contribution is 2.02. The van der Waals surface area contributed by atoms with Crippen LogP contribution in [0.25, 0.3) is 0 Å². The largest absolute Gasteiger partial charge is 0.469 e. The monoisotopic (exact) mass is 248 g/mol. The van der Waals surface area contributed by atoms with Gasteiger partial charge in [0.1, 0.15) is 5.82 Å². The van der Waals surface area contributed by atoms with Crippen molar-refractivity contribution in [3.8, 4) is 0 Å². The lowest BCUT2D eigenvalue weighted by Gasteiger charge is -2.02. The van der Waals surface area contributed by atoms with Gasteiger partial charge in [0.15, 0.2) is 0 Å². The predicted octanol–water partition coefficient (Wildman–Crippen LogP) is -0.582. The molecule has 1 rings (SSSR count). The SMILES string of the molecule is COC(=O)CCS(=O)(=O)Nc1n[nH]c(C)n1. The Hall–Kier alpha value is -1.64. The maximum atomic E-state index is 11.4. The fourth-order valence-corrected chi connectivity index (χ4v) is 1.81. The lowest BCUT2D eigenvalue weighted by molar-refractivity contribution is -0.140. The van der Waals surface area contributed by atoms with Crippen molar-refractivity contribution in [3.63, 3.8) is 0 Å². The molecule has 0 saturated heterocycles. The van der Waals surface area contributed by atoms with E-state index in [-0.39, 0.29) is 18.1 Å². The molecule has 1 heterocycles. The first-order valence-corrected chi connectivity index (χ1v) is 6.04. The van der Waals surface area contributed by atoms with Gasteiger partial charge in [-0.2, -0.15) is 4.98 Å². The summed E-state index contributed by atoms with van der Waals surface area (Å²) in [6, 6.07) is 0. The highest BCUT2D eigenvalue weighted by Gasteiger charge is 2.15. The number of ether oxygens (including phenoxy) is 1. The summed E-state index contributed by atoms with van der Waals surface area (Å²) in [6.07, 6.45) is -0.213. The number of aryl methyl sites for hydroxylation is 1. The molecule has 0 atom stereocenters. The van der Waals surface area contributed by atoms with Gasteiger partial charge in [-0.1, -0.05) is 0 Å². The standard InChI is InChI=1S/C7H12N4O4S/c1-5-8-7(10-9-5)11-16(13,14)4-3-6(12)15-2/h3-4H2,1-2H3,(H2,8,9,10,11). The van der Waals surface area contributed by atoms with Crippen molar-refractivity contribution in [2.24, 2.45) is 0 Å². The van der Waals surface area contributed by atoms with Gasteiger partial charge >= 0.3 is 5.97 Å². The molecule has 9 heteroatoms. The summed E-state index contributed by atoms with van der Waals surface area (Å²) >= 11 is 0. The summed E-state index contributed by atoms with van der Waals surface area (Å²) in [5.41, 5.74) is 0. The van der Waals surface area contributed by atoms with Crippen molar-refractivity contribution in [1.82, 2.24) is 15.2 Å². The van der Waals surface area contributed by atoms with E-state index >= 15 is 0 Å². The average molecular weight is 248 g/mol. The molecule has 1 aromatic heterocycles. The Morgan fingerprint density at radius 2 is 2.25 bits per heavy atom. The first-order chi connectivity index (χ1) is 7.43. The van der Waals surface area contributed by atoms with Crippen molar-refractivity contribution in [1.29, 1.82) is 0 Å². The topological polar surface area (TPSA) is 114 Å². The number of rotatable bonds is 5. The number of aromatic nitrogens is 3. The number of aromatic amines is 1. The van der Waals surface area contributed by atoms with Crippen LogP contribution in [0, 0.1) is 6.92 Å². The fraction of sp³-hybridized carbons (Fsp3) is 0.571.